The second-order valence-corrected chi connectivity index (χ2v) is 4.14. The fourth-order valence-electron chi connectivity index (χ4n) is 1.46. The molecular weight excluding hydrogens is 172 g/mol. The molecule has 0 bridgehead atoms. The minimum atomic E-state index is 0.559. The highest BCUT2D eigenvalue weighted by atomic mass is 15.1. The minimum absolute atomic E-state index is 0.559. The van der Waals surface area contributed by atoms with Crippen molar-refractivity contribution in [2.75, 3.05) is 18.6 Å². The van der Waals surface area contributed by atoms with Gasteiger partial charge < -0.3 is 10.6 Å². The second-order valence-electron chi connectivity index (χ2n) is 4.14. The molecule has 2 nitrogen and oxygen atoms in total. The molecule has 1 rings (SSSR count). The smallest absolute Gasteiger partial charge is 0.0653 e. The molecule has 0 radical (unpaired) electrons. The van der Waals surface area contributed by atoms with Gasteiger partial charge in [0.15, 0.2) is 0 Å². The third-order valence-corrected chi connectivity index (χ3v) is 2.29. The van der Waals surface area contributed by atoms with Crippen LogP contribution in [0.3, 0.4) is 0 Å². The van der Waals surface area contributed by atoms with Gasteiger partial charge in [0.25, 0.3) is 0 Å². The van der Waals surface area contributed by atoms with Gasteiger partial charge in [0.1, 0.15) is 0 Å². The molecule has 0 heterocycles. The first-order valence-corrected chi connectivity index (χ1v) is 5.13. The summed E-state index contributed by atoms with van der Waals surface area (Å²) in [6, 6.07) is 8.62. The summed E-state index contributed by atoms with van der Waals surface area (Å²) in [6.07, 6.45) is 1.15. The van der Waals surface area contributed by atoms with Crippen LogP contribution in [0, 0.1) is 5.92 Å². The molecule has 14 heavy (non-hydrogen) atoms. The lowest BCUT2D eigenvalue weighted by Gasteiger charge is -2.16. The zero-order valence-corrected chi connectivity index (χ0v) is 9.33. The summed E-state index contributed by atoms with van der Waals surface area (Å²) in [7, 11) is 2.00. The third-order valence-electron chi connectivity index (χ3n) is 2.29. The second kappa shape index (κ2) is 5.01. The SMILES string of the molecule is CC(C)Cc1ccc(N(C)CN)cc1. The Bertz CT molecular complexity index is 264. The van der Waals surface area contributed by atoms with Crippen molar-refractivity contribution < 1.29 is 0 Å². The highest BCUT2D eigenvalue weighted by Gasteiger charge is 2.00. The molecule has 1 aromatic rings. The zero-order valence-electron chi connectivity index (χ0n) is 9.33. The fraction of sp³-hybridized carbons (Fsp3) is 0.500. The van der Waals surface area contributed by atoms with Crippen LogP contribution in [0.25, 0.3) is 0 Å². The normalized spacial score (nSPS) is 10.6. The minimum Gasteiger partial charge on any atom is -0.362 e. The molecule has 0 aliphatic rings. The van der Waals surface area contributed by atoms with Gasteiger partial charge in [-0.05, 0) is 30.0 Å². The van der Waals surface area contributed by atoms with Gasteiger partial charge in [-0.3, -0.25) is 0 Å². The van der Waals surface area contributed by atoms with Crippen molar-refractivity contribution in [1.29, 1.82) is 0 Å². The number of anilines is 1. The molecule has 0 aliphatic heterocycles. The molecule has 0 fully saturated rings. The van der Waals surface area contributed by atoms with Crippen molar-refractivity contribution in [3.63, 3.8) is 0 Å². The Hall–Kier alpha value is -1.02. The lowest BCUT2D eigenvalue weighted by molar-refractivity contribution is 0.647. The zero-order chi connectivity index (χ0) is 10.6. The molecule has 0 unspecified atom stereocenters. The lowest BCUT2D eigenvalue weighted by atomic mass is 10.0. The van der Waals surface area contributed by atoms with Crippen LogP contribution in [-0.2, 0) is 6.42 Å². The maximum Gasteiger partial charge on any atom is 0.0653 e. The average Bonchev–Trinajstić information content (AvgIpc) is 2.17. The Balaban J connectivity index is 2.68. The van der Waals surface area contributed by atoms with E-state index in [1.807, 2.05) is 11.9 Å². The molecule has 0 aliphatic carbocycles. The summed E-state index contributed by atoms with van der Waals surface area (Å²) < 4.78 is 0. The summed E-state index contributed by atoms with van der Waals surface area (Å²) in [5.41, 5.74) is 8.13. The van der Waals surface area contributed by atoms with Crippen LogP contribution < -0.4 is 10.6 Å². The molecule has 0 amide bonds. The molecule has 0 spiro atoms. The van der Waals surface area contributed by atoms with Gasteiger partial charge in [0, 0.05) is 12.7 Å². The Labute approximate surface area is 86.7 Å². The molecule has 0 saturated carbocycles. The standard InChI is InChI=1S/C12H20N2/c1-10(2)8-11-4-6-12(7-5-11)14(3)9-13/h4-7,10H,8-9,13H2,1-3H3. The van der Waals surface area contributed by atoms with E-state index in [0.29, 0.717) is 12.6 Å². The van der Waals surface area contributed by atoms with Gasteiger partial charge in [-0.15, -0.1) is 0 Å². The summed E-state index contributed by atoms with van der Waals surface area (Å²) in [5.74, 6) is 0.716. The van der Waals surface area contributed by atoms with Crippen molar-refractivity contribution in [3.05, 3.63) is 29.8 Å². The van der Waals surface area contributed by atoms with E-state index in [-0.39, 0.29) is 0 Å². The van der Waals surface area contributed by atoms with Crippen LogP contribution in [0.1, 0.15) is 19.4 Å². The highest BCUT2D eigenvalue weighted by Crippen LogP contribution is 2.15. The summed E-state index contributed by atoms with van der Waals surface area (Å²) in [6.45, 7) is 5.03. The Morgan fingerprint density at radius 3 is 2.21 bits per heavy atom. The van der Waals surface area contributed by atoms with Crippen LogP contribution in [0.2, 0.25) is 0 Å². The van der Waals surface area contributed by atoms with Crippen molar-refractivity contribution in [1.82, 2.24) is 0 Å². The molecule has 0 saturated heterocycles. The maximum atomic E-state index is 5.55. The van der Waals surface area contributed by atoms with Crippen LogP contribution >= 0.6 is 0 Å². The Morgan fingerprint density at radius 1 is 1.21 bits per heavy atom. The fourth-order valence-corrected chi connectivity index (χ4v) is 1.46. The van der Waals surface area contributed by atoms with E-state index in [1.165, 1.54) is 11.3 Å². The summed E-state index contributed by atoms with van der Waals surface area (Å²) in [4.78, 5) is 2.03. The summed E-state index contributed by atoms with van der Waals surface area (Å²) in [5, 5.41) is 0. The number of hydrogen-bond donors (Lipinski definition) is 1. The molecule has 1 aromatic carbocycles. The van der Waals surface area contributed by atoms with E-state index >= 15 is 0 Å². The van der Waals surface area contributed by atoms with Gasteiger partial charge in [-0.1, -0.05) is 26.0 Å². The molecular formula is C12H20N2. The number of hydrogen-bond acceptors (Lipinski definition) is 2. The van der Waals surface area contributed by atoms with Gasteiger partial charge in [-0.25, -0.2) is 0 Å². The topological polar surface area (TPSA) is 29.3 Å². The van der Waals surface area contributed by atoms with Gasteiger partial charge in [-0.2, -0.15) is 0 Å². The lowest BCUT2D eigenvalue weighted by Crippen LogP contribution is -2.24. The number of nitrogens with zero attached hydrogens (tertiary/aromatic N) is 1. The van der Waals surface area contributed by atoms with Crippen LogP contribution in [0.5, 0.6) is 0 Å². The Morgan fingerprint density at radius 2 is 1.79 bits per heavy atom. The quantitative estimate of drug-likeness (QED) is 0.741. The Kier molecular flexibility index (Phi) is 3.96. The monoisotopic (exact) mass is 192 g/mol. The maximum absolute atomic E-state index is 5.55. The van der Waals surface area contributed by atoms with E-state index < -0.39 is 0 Å². The molecule has 0 aromatic heterocycles. The average molecular weight is 192 g/mol. The van der Waals surface area contributed by atoms with Crippen LogP contribution in [-0.4, -0.2) is 13.7 Å². The predicted molar refractivity (Wildman–Crippen MR) is 62.4 cm³/mol. The van der Waals surface area contributed by atoms with Crippen LogP contribution in [0.4, 0.5) is 5.69 Å². The van der Waals surface area contributed by atoms with Gasteiger partial charge in [0.2, 0.25) is 0 Å². The molecule has 2 heteroatoms. The number of benzene rings is 1. The first-order chi connectivity index (χ1) is 6.63. The van der Waals surface area contributed by atoms with E-state index in [9.17, 15) is 0 Å². The van der Waals surface area contributed by atoms with Crippen molar-refractivity contribution in [2.45, 2.75) is 20.3 Å². The first kappa shape index (κ1) is 11.1. The van der Waals surface area contributed by atoms with Gasteiger partial charge >= 0.3 is 0 Å². The van der Waals surface area contributed by atoms with E-state index in [0.717, 1.165) is 6.42 Å². The van der Waals surface area contributed by atoms with E-state index in [4.69, 9.17) is 5.73 Å². The summed E-state index contributed by atoms with van der Waals surface area (Å²) >= 11 is 0. The number of nitrogens with two attached hydrogens (primary N) is 1. The van der Waals surface area contributed by atoms with Crippen molar-refractivity contribution >= 4 is 5.69 Å². The third kappa shape index (κ3) is 3.04. The molecule has 0 atom stereocenters. The van der Waals surface area contributed by atoms with E-state index in [1.54, 1.807) is 0 Å². The van der Waals surface area contributed by atoms with Gasteiger partial charge in [0.05, 0.1) is 6.67 Å². The number of rotatable bonds is 4. The highest BCUT2D eigenvalue weighted by molar-refractivity contribution is 5.46. The van der Waals surface area contributed by atoms with E-state index in [2.05, 4.69) is 38.1 Å². The first-order valence-electron chi connectivity index (χ1n) is 5.13. The van der Waals surface area contributed by atoms with Crippen LogP contribution in [0.15, 0.2) is 24.3 Å². The van der Waals surface area contributed by atoms with Crippen molar-refractivity contribution in [2.24, 2.45) is 11.7 Å². The molecule has 2 N–H and O–H groups in total. The largest absolute Gasteiger partial charge is 0.362 e. The predicted octanol–water partition coefficient (Wildman–Crippen LogP) is 2.24. The van der Waals surface area contributed by atoms with Crippen molar-refractivity contribution in [3.8, 4) is 0 Å². The molecule has 78 valence electrons.